The Hall–Kier alpha value is -1.11. The van der Waals surface area contributed by atoms with Crippen molar-refractivity contribution in [2.75, 3.05) is 33.8 Å². The molecule has 106 valence electrons. The second-order valence-corrected chi connectivity index (χ2v) is 6.81. The SMILES string of the molecule is COc1ccc(S(=O)(=O)N2CCN(C)[C@@H](C)C2)cc1. The smallest absolute Gasteiger partial charge is 0.243 e. The molecule has 0 amide bonds. The minimum Gasteiger partial charge on any atom is -0.497 e. The number of ether oxygens (including phenoxy) is 1. The van der Waals surface area contributed by atoms with E-state index in [2.05, 4.69) is 4.90 Å². The Morgan fingerprint density at radius 2 is 1.84 bits per heavy atom. The van der Waals surface area contributed by atoms with Gasteiger partial charge in [0.25, 0.3) is 0 Å². The maximum absolute atomic E-state index is 12.5. The molecule has 0 spiro atoms. The quantitative estimate of drug-likeness (QED) is 0.831. The molecule has 0 saturated carbocycles. The third-order valence-corrected chi connectivity index (χ3v) is 5.50. The monoisotopic (exact) mass is 284 g/mol. The van der Waals surface area contributed by atoms with E-state index in [9.17, 15) is 8.42 Å². The number of hydrogen-bond acceptors (Lipinski definition) is 4. The fraction of sp³-hybridized carbons (Fsp3) is 0.538. The van der Waals surface area contributed by atoms with Gasteiger partial charge in [-0.25, -0.2) is 8.42 Å². The van der Waals surface area contributed by atoms with Gasteiger partial charge in [-0.2, -0.15) is 4.31 Å². The molecular formula is C13H20N2O3S. The second-order valence-electron chi connectivity index (χ2n) is 4.87. The van der Waals surface area contributed by atoms with E-state index in [1.807, 2.05) is 14.0 Å². The molecule has 0 N–H and O–H groups in total. The van der Waals surface area contributed by atoms with Crippen molar-refractivity contribution >= 4 is 10.0 Å². The molecule has 5 nitrogen and oxygen atoms in total. The van der Waals surface area contributed by atoms with Gasteiger partial charge in [-0.1, -0.05) is 0 Å². The lowest BCUT2D eigenvalue weighted by atomic mass is 10.2. The molecule has 19 heavy (non-hydrogen) atoms. The van der Waals surface area contributed by atoms with Crippen LogP contribution in [-0.4, -0.2) is 57.5 Å². The molecule has 0 bridgehead atoms. The highest BCUT2D eigenvalue weighted by Gasteiger charge is 2.30. The number of piperazine rings is 1. The number of likely N-dealkylation sites (N-methyl/N-ethyl adjacent to an activating group) is 1. The zero-order valence-corrected chi connectivity index (χ0v) is 12.4. The molecule has 1 aliphatic heterocycles. The molecule has 2 rings (SSSR count). The molecule has 1 fully saturated rings. The van der Waals surface area contributed by atoms with Gasteiger partial charge in [0.1, 0.15) is 5.75 Å². The zero-order chi connectivity index (χ0) is 14.0. The average molecular weight is 284 g/mol. The predicted octanol–water partition coefficient (Wildman–Crippen LogP) is 1.02. The third kappa shape index (κ3) is 2.91. The topological polar surface area (TPSA) is 49.9 Å². The Kier molecular flexibility index (Phi) is 4.13. The number of benzene rings is 1. The fourth-order valence-corrected chi connectivity index (χ4v) is 3.64. The first-order valence-corrected chi connectivity index (χ1v) is 7.73. The van der Waals surface area contributed by atoms with Crippen molar-refractivity contribution < 1.29 is 13.2 Å². The highest BCUT2D eigenvalue weighted by Crippen LogP contribution is 2.21. The molecule has 0 unspecified atom stereocenters. The van der Waals surface area contributed by atoms with Crippen LogP contribution in [-0.2, 0) is 10.0 Å². The summed E-state index contributed by atoms with van der Waals surface area (Å²) in [5.74, 6) is 0.658. The normalized spacial score (nSPS) is 22.4. The third-order valence-electron chi connectivity index (χ3n) is 3.62. The predicted molar refractivity (Wildman–Crippen MR) is 73.8 cm³/mol. The maximum atomic E-state index is 12.5. The summed E-state index contributed by atoms with van der Waals surface area (Å²) in [4.78, 5) is 2.49. The van der Waals surface area contributed by atoms with Gasteiger partial charge in [0.2, 0.25) is 10.0 Å². The molecule has 1 aromatic carbocycles. The highest BCUT2D eigenvalue weighted by molar-refractivity contribution is 7.89. The number of methoxy groups -OCH3 is 1. The van der Waals surface area contributed by atoms with Crippen LogP contribution in [0.4, 0.5) is 0 Å². The lowest BCUT2D eigenvalue weighted by molar-refractivity contribution is 0.159. The second kappa shape index (κ2) is 5.48. The van der Waals surface area contributed by atoms with Crippen LogP contribution >= 0.6 is 0 Å². The first kappa shape index (κ1) is 14.3. The van der Waals surface area contributed by atoms with E-state index in [4.69, 9.17) is 4.74 Å². The Morgan fingerprint density at radius 1 is 1.21 bits per heavy atom. The van der Waals surface area contributed by atoms with Crippen molar-refractivity contribution in [1.29, 1.82) is 0 Å². The van der Waals surface area contributed by atoms with Gasteiger partial charge in [0.15, 0.2) is 0 Å². The molecular weight excluding hydrogens is 264 g/mol. The van der Waals surface area contributed by atoms with Crippen LogP contribution in [0.2, 0.25) is 0 Å². The van der Waals surface area contributed by atoms with Crippen LogP contribution in [0.3, 0.4) is 0 Å². The van der Waals surface area contributed by atoms with E-state index in [0.717, 1.165) is 6.54 Å². The minimum absolute atomic E-state index is 0.238. The van der Waals surface area contributed by atoms with Gasteiger partial charge in [-0.15, -0.1) is 0 Å². The lowest BCUT2D eigenvalue weighted by Gasteiger charge is -2.36. The van der Waals surface area contributed by atoms with E-state index in [-0.39, 0.29) is 6.04 Å². The Morgan fingerprint density at radius 3 is 2.37 bits per heavy atom. The van der Waals surface area contributed by atoms with Gasteiger partial charge in [-0.05, 0) is 38.2 Å². The van der Waals surface area contributed by atoms with Gasteiger partial charge < -0.3 is 9.64 Å². The number of nitrogens with zero attached hydrogens (tertiary/aromatic N) is 2. The molecule has 1 atom stereocenters. The summed E-state index contributed by atoms with van der Waals surface area (Å²) in [6.07, 6.45) is 0. The van der Waals surface area contributed by atoms with Crippen molar-refractivity contribution in [2.45, 2.75) is 17.9 Å². The van der Waals surface area contributed by atoms with Crippen molar-refractivity contribution in [1.82, 2.24) is 9.21 Å². The molecule has 0 aliphatic carbocycles. The first-order valence-electron chi connectivity index (χ1n) is 6.29. The van der Waals surface area contributed by atoms with E-state index >= 15 is 0 Å². The van der Waals surface area contributed by atoms with Gasteiger partial charge >= 0.3 is 0 Å². The van der Waals surface area contributed by atoms with Gasteiger partial charge in [0, 0.05) is 25.7 Å². The van der Waals surface area contributed by atoms with Gasteiger partial charge in [0.05, 0.1) is 12.0 Å². The van der Waals surface area contributed by atoms with Crippen LogP contribution in [0.1, 0.15) is 6.92 Å². The van der Waals surface area contributed by atoms with Gasteiger partial charge in [-0.3, -0.25) is 0 Å². The summed E-state index contributed by atoms with van der Waals surface area (Å²) in [5, 5.41) is 0. The molecule has 6 heteroatoms. The van der Waals surface area contributed by atoms with E-state index < -0.39 is 10.0 Å². The van der Waals surface area contributed by atoms with Crippen LogP contribution < -0.4 is 4.74 Å². The zero-order valence-electron chi connectivity index (χ0n) is 11.5. The summed E-state index contributed by atoms with van der Waals surface area (Å²) in [6, 6.07) is 6.77. The molecule has 1 saturated heterocycles. The standard InChI is InChI=1S/C13H20N2O3S/c1-11-10-15(9-8-14(11)2)19(16,17)13-6-4-12(18-3)5-7-13/h4-7,11H,8-10H2,1-3H3/t11-/m0/s1. The summed E-state index contributed by atoms with van der Waals surface area (Å²) >= 11 is 0. The maximum Gasteiger partial charge on any atom is 0.243 e. The van der Waals surface area contributed by atoms with Crippen LogP contribution in [0, 0.1) is 0 Å². The molecule has 0 aromatic heterocycles. The Labute approximate surface area is 114 Å². The van der Waals surface area contributed by atoms with E-state index in [1.165, 1.54) is 0 Å². The van der Waals surface area contributed by atoms with E-state index in [1.54, 1.807) is 35.7 Å². The van der Waals surface area contributed by atoms with Crippen LogP contribution in [0.5, 0.6) is 5.75 Å². The molecule has 1 aliphatic rings. The fourth-order valence-electron chi connectivity index (χ4n) is 2.13. The van der Waals surface area contributed by atoms with Crippen LogP contribution in [0.25, 0.3) is 0 Å². The van der Waals surface area contributed by atoms with Crippen molar-refractivity contribution in [3.05, 3.63) is 24.3 Å². The van der Waals surface area contributed by atoms with E-state index in [0.29, 0.717) is 23.7 Å². The lowest BCUT2D eigenvalue weighted by Crippen LogP contribution is -2.51. The largest absolute Gasteiger partial charge is 0.497 e. The van der Waals surface area contributed by atoms with Crippen molar-refractivity contribution in [2.24, 2.45) is 0 Å². The van der Waals surface area contributed by atoms with Crippen molar-refractivity contribution in [3.8, 4) is 5.75 Å². The highest BCUT2D eigenvalue weighted by atomic mass is 32.2. The first-order chi connectivity index (χ1) is 8.95. The number of rotatable bonds is 3. The van der Waals surface area contributed by atoms with Crippen molar-refractivity contribution in [3.63, 3.8) is 0 Å². The Bertz CT molecular complexity index is 527. The summed E-state index contributed by atoms with van der Waals surface area (Å²) in [5.41, 5.74) is 0. The number of hydrogen-bond donors (Lipinski definition) is 0. The molecule has 1 heterocycles. The minimum atomic E-state index is -3.39. The molecule has 0 radical (unpaired) electrons. The summed E-state index contributed by atoms with van der Waals surface area (Å²) in [7, 11) is 0.185. The summed E-state index contributed by atoms with van der Waals surface area (Å²) < 4.78 is 31.6. The van der Waals surface area contributed by atoms with Crippen LogP contribution in [0.15, 0.2) is 29.2 Å². The molecule has 1 aromatic rings. The Balaban J connectivity index is 2.21. The average Bonchev–Trinajstić information content (AvgIpc) is 2.41. The summed E-state index contributed by atoms with van der Waals surface area (Å²) in [6.45, 7) is 3.87. The number of sulfonamides is 1.